The molecule has 0 saturated carbocycles. The van der Waals surface area contributed by atoms with E-state index in [2.05, 4.69) is 0 Å². The lowest BCUT2D eigenvalue weighted by Gasteiger charge is -2.29. The summed E-state index contributed by atoms with van der Waals surface area (Å²) in [5, 5.41) is 9.41. The Labute approximate surface area is 113 Å². The highest BCUT2D eigenvalue weighted by Crippen LogP contribution is 2.39. The minimum Gasteiger partial charge on any atom is -0.480 e. The van der Waals surface area contributed by atoms with Crippen LogP contribution >= 0.6 is 0 Å². The number of hydrogen-bond donors (Lipinski definition) is 1. The van der Waals surface area contributed by atoms with Crippen molar-refractivity contribution in [3.05, 3.63) is 35.4 Å². The maximum atomic E-state index is 11.7. The third-order valence-corrected chi connectivity index (χ3v) is 4.03. The van der Waals surface area contributed by atoms with Crippen LogP contribution in [0, 0.1) is 6.92 Å². The van der Waals surface area contributed by atoms with Gasteiger partial charge in [-0.05, 0) is 25.8 Å². The standard InChI is InChI=1S/C15H19NO3/c1-10-4-6-12(7-5-10)13-8-15(3,14(18)19)16(9-13)11(2)17/h4-7,13H,8-9H2,1-3H3,(H,18,19). The van der Waals surface area contributed by atoms with Gasteiger partial charge in [-0.15, -0.1) is 0 Å². The monoisotopic (exact) mass is 261 g/mol. The van der Waals surface area contributed by atoms with Crippen LogP contribution in [0.1, 0.15) is 37.3 Å². The van der Waals surface area contributed by atoms with Gasteiger partial charge in [0.1, 0.15) is 5.54 Å². The number of carbonyl (C=O) groups is 2. The molecule has 2 atom stereocenters. The molecule has 0 radical (unpaired) electrons. The van der Waals surface area contributed by atoms with Gasteiger partial charge in [-0.3, -0.25) is 4.79 Å². The van der Waals surface area contributed by atoms with Gasteiger partial charge in [0, 0.05) is 19.4 Å². The fraction of sp³-hybridized carbons (Fsp3) is 0.467. The van der Waals surface area contributed by atoms with Crippen LogP contribution in [0.25, 0.3) is 0 Å². The van der Waals surface area contributed by atoms with Crippen molar-refractivity contribution in [3.63, 3.8) is 0 Å². The highest BCUT2D eigenvalue weighted by molar-refractivity contribution is 5.86. The Morgan fingerprint density at radius 1 is 1.32 bits per heavy atom. The summed E-state index contributed by atoms with van der Waals surface area (Å²) >= 11 is 0. The largest absolute Gasteiger partial charge is 0.480 e. The number of aliphatic carboxylic acids is 1. The molecule has 0 bridgehead atoms. The lowest BCUT2D eigenvalue weighted by molar-refractivity contribution is -0.154. The molecule has 19 heavy (non-hydrogen) atoms. The van der Waals surface area contributed by atoms with Crippen molar-refractivity contribution < 1.29 is 14.7 Å². The van der Waals surface area contributed by atoms with Crippen LogP contribution in [0.4, 0.5) is 0 Å². The summed E-state index contributed by atoms with van der Waals surface area (Å²) in [4.78, 5) is 24.6. The van der Waals surface area contributed by atoms with E-state index >= 15 is 0 Å². The quantitative estimate of drug-likeness (QED) is 0.887. The number of carbonyl (C=O) groups excluding carboxylic acids is 1. The molecule has 2 rings (SSSR count). The van der Waals surface area contributed by atoms with Gasteiger partial charge in [-0.2, -0.15) is 0 Å². The summed E-state index contributed by atoms with van der Waals surface area (Å²) < 4.78 is 0. The Bertz CT molecular complexity index is 509. The van der Waals surface area contributed by atoms with Crippen molar-refractivity contribution in [1.29, 1.82) is 0 Å². The van der Waals surface area contributed by atoms with E-state index in [0.717, 1.165) is 5.56 Å². The van der Waals surface area contributed by atoms with Crippen molar-refractivity contribution in [1.82, 2.24) is 4.90 Å². The number of carboxylic acid groups (broad SMARTS) is 1. The van der Waals surface area contributed by atoms with Gasteiger partial charge in [-0.1, -0.05) is 29.8 Å². The van der Waals surface area contributed by atoms with Crippen molar-refractivity contribution >= 4 is 11.9 Å². The molecule has 1 aromatic carbocycles. The van der Waals surface area contributed by atoms with Crippen molar-refractivity contribution in [3.8, 4) is 0 Å². The van der Waals surface area contributed by atoms with Gasteiger partial charge in [0.2, 0.25) is 5.91 Å². The summed E-state index contributed by atoms with van der Waals surface area (Å²) in [6, 6.07) is 8.07. The summed E-state index contributed by atoms with van der Waals surface area (Å²) in [5.41, 5.74) is 1.18. The van der Waals surface area contributed by atoms with E-state index in [-0.39, 0.29) is 11.8 Å². The lowest BCUT2D eigenvalue weighted by Crippen LogP contribution is -2.49. The van der Waals surface area contributed by atoms with Crippen LogP contribution in [-0.4, -0.2) is 34.0 Å². The van der Waals surface area contributed by atoms with E-state index in [1.165, 1.54) is 17.4 Å². The molecule has 1 N–H and O–H groups in total. The van der Waals surface area contributed by atoms with Crippen LogP contribution in [0.15, 0.2) is 24.3 Å². The van der Waals surface area contributed by atoms with E-state index in [9.17, 15) is 14.7 Å². The maximum absolute atomic E-state index is 11.7. The Balaban J connectivity index is 2.30. The predicted molar refractivity (Wildman–Crippen MR) is 72.0 cm³/mol. The highest BCUT2D eigenvalue weighted by Gasteiger charge is 2.49. The Morgan fingerprint density at radius 3 is 2.32 bits per heavy atom. The van der Waals surface area contributed by atoms with Gasteiger partial charge < -0.3 is 10.0 Å². The Morgan fingerprint density at radius 2 is 1.89 bits per heavy atom. The molecule has 2 unspecified atom stereocenters. The molecule has 1 aromatic rings. The molecule has 1 heterocycles. The fourth-order valence-corrected chi connectivity index (χ4v) is 2.82. The smallest absolute Gasteiger partial charge is 0.329 e. The van der Waals surface area contributed by atoms with Gasteiger partial charge in [0.25, 0.3) is 0 Å². The van der Waals surface area contributed by atoms with E-state index in [1.807, 2.05) is 31.2 Å². The molecular weight excluding hydrogens is 242 g/mol. The van der Waals surface area contributed by atoms with E-state index in [1.54, 1.807) is 6.92 Å². The minimum atomic E-state index is -1.10. The van der Waals surface area contributed by atoms with Crippen LogP contribution in [0.3, 0.4) is 0 Å². The van der Waals surface area contributed by atoms with Crippen LogP contribution < -0.4 is 0 Å². The predicted octanol–water partition coefficient (Wildman–Crippen LogP) is 2.17. The van der Waals surface area contributed by atoms with Gasteiger partial charge in [0.05, 0.1) is 0 Å². The third-order valence-electron chi connectivity index (χ3n) is 4.03. The molecule has 0 spiro atoms. The zero-order valence-electron chi connectivity index (χ0n) is 11.5. The van der Waals surface area contributed by atoms with Gasteiger partial charge in [-0.25, -0.2) is 4.79 Å². The Kier molecular flexibility index (Phi) is 3.35. The number of rotatable bonds is 2. The molecule has 1 aliphatic heterocycles. The first kappa shape index (κ1) is 13.6. The summed E-state index contributed by atoms with van der Waals surface area (Å²) in [6.07, 6.45) is 0.463. The number of benzene rings is 1. The number of amides is 1. The van der Waals surface area contributed by atoms with Gasteiger partial charge >= 0.3 is 5.97 Å². The molecule has 4 nitrogen and oxygen atoms in total. The SMILES string of the molecule is CC(=O)N1CC(c2ccc(C)cc2)CC1(C)C(=O)O. The first-order chi connectivity index (χ1) is 8.84. The zero-order valence-corrected chi connectivity index (χ0v) is 11.5. The van der Waals surface area contributed by atoms with E-state index in [0.29, 0.717) is 13.0 Å². The number of nitrogens with zero attached hydrogens (tertiary/aromatic N) is 1. The second-order valence-corrected chi connectivity index (χ2v) is 5.52. The summed E-state index contributed by atoms with van der Waals surface area (Å²) in [6.45, 7) is 5.55. The van der Waals surface area contributed by atoms with Gasteiger partial charge in [0.15, 0.2) is 0 Å². The molecule has 1 fully saturated rings. The molecule has 0 aromatic heterocycles. The second-order valence-electron chi connectivity index (χ2n) is 5.52. The van der Waals surface area contributed by atoms with E-state index < -0.39 is 11.5 Å². The topological polar surface area (TPSA) is 57.6 Å². The van der Waals surface area contributed by atoms with Crippen LogP contribution in [0.5, 0.6) is 0 Å². The highest BCUT2D eigenvalue weighted by atomic mass is 16.4. The number of carboxylic acids is 1. The molecule has 1 aliphatic rings. The van der Waals surface area contributed by atoms with E-state index in [4.69, 9.17) is 0 Å². The first-order valence-corrected chi connectivity index (χ1v) is 6.43. The van der Waals surface area contributed by atoms with Crippen molar-refractivity contribution in [2.45, 2.75) is 38.6 Å². The lowest BCUT2D eigenvalue weighted by atomic mass is 9.89. The van der Waals surface area contributed by atoms with Crippen molar-refractivity contribution in [2.24, 2.45) is 0 Å². The summed E-state index contributed by atoms with van der Waals surface area (Å²) in [5.74, 6) is -1.03. The van der Waals surface area contributed by atoms with Crippen LogP contribution in [-0.2, 0) is 9.59 Å². The second kappa shape index (κ2) is 4.68. The molecule has 1 saturated heterocycles. The zero-order chi connectivity index (χ0) is 14.2. The number of aryl methyl sites for hydroxylation is 1. The van der Waals surface area contributed by atoms with Crippen LogP contribution in [0.2, 0.25) is 0 Å². The molecular formula is C15H19NO3. The normalized spacial score (nSPS) is 26.5. The van der Waals surface area contributed by atoms with Crippen molar-refractivity contribution in [2.75, 3.05) is 6.54 Å². The number of hydrogen-bond acceptors (Lipinski definition) is 2. The average Bonchev–Trinajstić information content (AvgIpc) is 2.70. The Hall–Kier alpha value is -1.84. The molecule has 0 aliphatic carbocycles. The average molecular weight is 261 g/mol. The maximum Gasteiger partial charge on any atom is 0.329 e. The number of likely N-dealkylation sites (tertiary alicyclic amines) is 1. The molecule has 4 heteroatoms. The minimum absolute atomic E-state index is 0.0885. The molecule has 102 valence electrons. The fourth-order valence-electron chi connectivity index (χ4n) is 2.82. The summed E-state index contributed by atoms with van der Waals surface area (Å²) in [7, 11) is 0. The molecule has 1 amide bonds. The third kappa shape index (κ3) is 2.35. The first-order valence-electron chi connectivity index (χ1n) is 6.43.